The van der Waals surface area contributed by atoms with E-state index < -0.39 is 58.3 Å². The second kappa shape index (κ2) is 7.65. The van der Waals surface area contributed by atoms with Gasteiger partial charge in [-0.3, -0.25) is 24.0 Å². The number of fused-ring (bicyclic) bond motifs is 3. The molecule has 9 heteroatoms. The Kier molecular flexibility index (Phi) is 5.26. The third-order valence-corrected chi connectivity index (χ3v) is 6.68. The van der Waals surface area contributed by atoms with Crippen molar-refractivity contribution in [1.29, 1.82) is 0 Å². The standard InChI is InChI=1S/C22H23NO8/c23-21(29)17-13(25)9-12-8-11-7-10-3-1-4-14(31-6-2-5-24)15(10)18(26)16(11)19(27)22(12,30)20(17)28/h1,3-4,11-12,16-17,24,30H,2,5-9H2,(H2,23,29)/t11-,12-,16?,17?,22-/m0/s1. The maximum Gasteiger partial charge on any atom is 0.235 e. The van der Waals surface area contributed by atoms with E-state index in [0.717, 1.165) is 0 Å². The van der Waals surface area contributed by atoms with Crippen LogP contribution in [-0.2, 0) is 25.6 Å². The first-order valence-corrected chi connectivity index (χ1v) is 10.2. The second-order valence-corrected chi connectivity index (χ2v) is 8.46. The molecule has 0 aliphatic heterocycles. The minimum absolute atomic E-state index is 0.0809. The van der Waals surface area contributed by atoms with Gasteiger partial charge in [0.2, 0.25) is 5.91 Å². The molecule has 0 aromatic heterocycles. The van der Waals surface area contributed by atoms with E-state index >= 15 is 0 Å². The van der Waals surface area contributed by atoms with Crippen molar-refractivity contribution in [3.05, 3.63) is 29.3 Å². The molecular weight excluding hydrogens is 406 g/mol. The SMILES string of the molecule is NC(=O)C1C(=O)C[C@@H]2C[C@@H]3Cc4cccc(OCCCO)c4C(=O)C3C(=O)[C@]2(O)C1=O. The first-order valence-electron chi connectivity index (χ1n) is 10.2. The lowest BCUT2D eigenvalue weighted by molar-refractivity contribution is -0.175. The predicted octanol–water partition coefficient (Wildman–Crippen LogP) is -0.617. The molecule has 1 aromatic carbocycles. The average Bonchev–Trinajstić information content (AvgIpc) is 2.70. The summed E-state index contributed by atoms with van der Waals surface area (Å²) in [4.78, 5) is 63.5. The smallest absolute Gasteiger partial charge is 0.235 e. The summed E-state index contributed by atoms with van der Waals surface area (Å²) in [6, 6.07) is 5.08. The number of ether oxygens (including phenoxy) is 1. The van der Waals surface area contributed by atoms with Crippen molar-refractivity contribution in [1.82, 2.24) is 0 Å². The molecule has 2 fully saturated rings. The van der Waals surface area contributed by atoms with Crippen molar-refractivity contribution >= 4 is 29.0 Å². The number of carbonyl (C=O) groups excluding carboxylic acids is 5. The maximum absolute atomic E-state index is 13.4. The molecule has 9 nitrogen and oxygen atoms in total. The molecule has 4 rings (SSSR count). The van der Waals surface area contributed by atoms with Gasteiger partial charge in [-0.05, 0) is 30.4 Å². The van der Waals surface area contributed by atoms with Crippen molar-refractivity contribution in [2.24, 2.45) is 29.4 Å². The summed E-state index contributed by atoms with van der Waals surface area (Å²) in [6.07, 6.45) is 0.511. The Balaban J connectivity index is 1.72. The summed E-state index contributed by atoms with van der Waals surface area (Å²) in [5.41, 5.74) is 3.50. The molecule has 0 saturated heterocycles. The number of primary amides is 1. The minimum Gasteiger partial charge on any atom is -0.493 e. The molecule has 3 aliphatic carbocycles. The van der Waals surface area contributed by atoms with Crippen LogP contribution in [0.4, 0.5) is 0 Å². The largest absolute Gasteiger partial charge is 0.493 e. The van der Waals surface area contributed by atoms with E-state index in [1.54, 1.807) is 18.2 Å². The molecule has 164 valence electrons. The Hall–Kier alpha value is -2.91. The first kappa shape index (κ1) is 21.3. The van der Waals surface area contributed by atoms with E-state index in [-0.39, 0.29) is 37.4 Å². The molecule has 5 atom stereocenters. The number of benzene rings is 1. The lowest BCUT2D eigenvalue weighted by Gasteiger charge is -2.48. The van der Waals surface area contributed by atoms with Crippen LogP contribution in [0.1, 0.15) is 35.2 Å². The fourth-order valence-corrected chi connectivity index (χ4v) is 5.26. The number of hydrogen-bond acceptors (Lipinski definition) is 8. The number of aliphatic hydroxyl groups excluding tert-OH is 1. The fourth-order valence-electron chi connectivity index (χ4n) is 5.26. The molecule has 31 heavy (non-hydrogen) atoms. The number of ketones is 4. The highest BCUT2D eigenvalue weighted by atomic mass is 16.5. The summed E-state index contributed by atoms with van der Waals surface area (Å²) in [6.45, 7) is 0.0949. The Bertz CT molecular complexity index is 1000. The molecule has 4 N–H and O–H groups in total. The number of Topliss-reactive ketones (excluding diaryl/α,β-unsaturated/α-hetero) is 4. The number of amides is 1. The van der Waals surface area contributed by atoms with E-state index in [4.69, 9.17) is 15.6 Å². The van der Waals surface area contributed by atoms with E-state index in [2.05, 4.69) is 0 Å². The van der Waals surface area contributed by atoms with Gasteiger partial charge >= 0.3 is 0 Å². The van der Waals surface area contributed by atoms with Crippen LogP contribution in [0.3, 0.4) is 0 Å². The summed E-state index contributed by atoms with van der Waals surface area (Å²) in [5, 5.41) is 20.1. The monoisotopic (exact) mass is 429 g/mol. The molecule has 0 spiro atoms. The quantitative estimate of drug-likeness (QED) is 0.412. The fraction of sp³-hybridized carbons (Fsp3) is 0.500. The van der Waals surface area contributed by atoms with Crippen LogP contribution in [0.2, 0.25) is 0 Å². The molecule has 0 bridgehead atoms. The number of nitrogens with two attached hydrogens (primary N) is 1. The van der Waals surface area contributed by atoms with Crippen molar-refractivity contribution in [3.8, 4) is 5.75 Å². The molecular formula is C22H23NO8. The zero-order valence-corrected chi connectivity index (χ0v) is 16.7. The number of aliphatic hydroxyl groups is 2. The molecule has 1 amide bonds. The average molecular weight is 429 g/mol. The van der Waals surface area contributed by atoms with Gasteiger partial charge in [0.05, 0.1) is 18.1 Å². The van der Waals surface area contributed by atoms with E-state index in [1.165, 1.54) is 0 Å². The van der Waals surface area contributed by atoms with Crippen LogP contribution >= 0.6 is 0 Å². The number of carbonyl (C=O) groups is 5. The molecule has 1 aromatic rings. The highest BCUT2D eigenvalue weighted by Gasteiger charge is 2.65. The summed E-state index contributed by atoms with van der Waals surface area (Å²) >= 11 is 0. The van der Waals surface area contributed by atoms with Crippen LogP contribution in [0.15, 0.2) is 18.2 Å². The van der Waals surface area contributed by atoms with Gasteiger partial charge in [0.15, 0.2) is 34.7 Å². The summed E-state index contributed by atoms with van der Waals surface area (Å²) < 4.78 is 5.62. The summed E-state index contributed by atoms with van der Waals surface area (Å²) in [7, 11) is 0. The van der Waals surface area contributed by atoms with Gasteiger partial charge in [0, 0.05) is 25.4 Å². The van der Waals surface area contributed by atoms with Crippen molar-refractivity contribution in [2.75, 3.05) is 13.2 Å². The zero-order chi connectivity index (χ0) is 22.5. The van der Waals surface area contributed by atoms with E-state index in [9.17, 15) is 29.1 Å². The Morgan fingerprint density at radius 2 is 1.90 bits per heavy atom. The second-order valence-electron chi connectivity index (χ2n) is 8.46. The Labute approximate surface area is 177 Å². The van der Waals surface area contributed by atoms with Gasteiger partial charge in [0.25, 0.3) is 0 Å². The lowest BCUT2D eigenvalue weighted by atomic mass is 9.54. The normalized spacial score (nSPS) is 32.2. The van der Waals surface area contributed by atoms with Crippen LogP contribution in [-0.4, -0.2) is 58.1 Å². The third kappa shape index (κ3) is 3.11. The zero-order valence-electron chi connectivity index (χ0n) is 16.7. The maximum atomic E-state index is 13.4. The van der Waals surface area contributed by atoms with Gasteiger partial charge in [-0.15, -0.1) is 0 Å². The number of rotatable bonds is 5. The van der Waals surface area contributed by atoms with Gasteiger partial charge in [-0.2, -0.15) is 0 Å². The van der Waals surface area contributed by atoms with Crippen LogP contribution in [0.5, 0.6) is 5.75 Å². The van der Waals surface area contributed by atoms with E-state index in [1.807, 2.05) is 0 Å². The van der Waals surface area contributed by atoms with Crippen LogP contribution in [0, 0.1) is 23.7 Å². The highest BCUT2D eigenvalue weighted by molar-refractivity contribution is 6.31. The lowest BCUT2D eigenvalue weighted by Crippen LogP contribution is -2.68. The Morgan fingerprint density at radius 3 is 2.58 bits per heavy atom. The van der Waals surface area contributed by atoms with Crippen molar-refractivity contribution in [2.45, 2.75) is 31.3 Å². The molecule has 2 saturated carbocycles. The Morgan fingerprint density at radius 1 is 1.16 bits per heavy atom. The molecule has 3 aliphatic rings. The summed E-state index contributed by atoms with van der Waals surface area (Å²) in [5.74, 6) is -9.02. The van der Waals surface area contributed by atoms with Crippen molar-refractivity contribution in [3.63, 3.8) is 0 Å². The number of hydrogen-bond donors (Lipinski definition) is 3. The topological polar surface area (TPSA) is 161 Å². The van der Waals surface area contributed by atoms with Gasteiger partial charge in [-0.25, -0.2) is 0 Å². The molecule has 2 unspecified atom stereocenters. The van der Waals surface area contributed by atoms with Gasteiger partial charge < -0.3 is 20.7 Å². The minimum atomic E-state index is -2.59. The molecule has 0 heterocycles. The van der Waals surface area contributed by atoms with Gasteiger partial charge in [0.1, 0.15) is 5.75 Å². The third-order valence-electron chi connectivity index (χ3n) is 6.68. The van der Waals surface area contributed by atoms with Crippen LogP contribution in [0.25, 0.3) is 0 Å². The van der Waals surface area contributed by atoms with E-state index in [0.29, 0.717) is 18.4 Å². The van der Waals surface area contributed by atoms with Crippen LogP contribution < -0.4 is 10.5 Å². The first-order chi connectivity index (χ1) is 14.7. The highest BCUT2D eigenvalue weighted by Crippen LogP contribution is 2.49. The molecule has 0 radical (unpaired) electrons. The van der Waals surface area contributed by atoms with Crippen molar-refractivity contribution < 1.29 is 38.9 Å². The predicted molar refractivity (Wildman–Crippen MR) is 104 cm³/mol. The van der Waals surface area contributed by atoms with Gasteiger partial charge in [-0.1, -0.05) is 12.1 Å².